The molecule has 4 rings (SSSR count). The number of methoxy groups -OCH3 is 1. The van der Waals surface area contributed by atoms with E-state index in [4.69, 9.17) is 27.9 Å². The maximum atomic E-state index is 13.4. The highest BCUT2D eigenvalue weighted by Crippen LogP contribution is 2.43. The standard InChI is InChI=1S/C26H28Cl2F3N3O3/c1-14-8-17(26(29,30)31)10-18-15(2)12-34(23(14)18)13-20-22(27)19(11-32-24(20)28)25(36)33-6-4-16(5-7-33)9-21(35)37-3/h10-12,14,16H,4-9,13H2,1-3H3. The van der Waals surface area contributed by atoms with Crippen LogP contribution in [0.3, 0.4) is 0 Å². The number of aryl methyl sites for hydroxylation is 1. The molecule has 3 heterocycles. The van der Waals surface area contributed by atoms with E-state index >= 15 is 0 Å². The summed E-state index contributed by atoms with van der Waals surface area (Å²) in [5.74, 6) is -0.750. The number of allylic oxidation sites excluding steroid dienone is 1. The minimum Gasteiger partial charge on any atom is -0.469 e. The predicted molar refractivity (Wildman–Crippen MR) is 135 cm³/mol. The van der Waals surface area contributed by atoms with Gasteiger partial charge in [0.15, 0.2) is 0 Å². The maximum Gasteiger partial charge on any atom is 0.412 e. The topological polar surface area (TPSA) is 64.4 Å². The molecule has 0 radical (unpaired) electrons. The number of pyridine rings is 1. The van der Waals surface area contributed by atoms with Gasteiger partial charge in [0.25, 0.3) is 5.91 Å². The predicted octanol–water partition coefficient (Wildman–Crippen LogP) is 6.41. The number of nitrogens with zero attached hydrogens (tertiary/aromatic N) is 3. The molecule has 6 nitrogen and oxygen atoms in total. The van der Waals surface area contributed by atoms with Gasteiger partial charge < -0.3 is 14.2 Å². The van der Waals surface area contributed by atoms with Crippen LogP contribution in [0.5, 0.6) is 0 Å². The Kier molecular flexibility index (Phi) is 7.95. The number of rotatable bonds is 5. The highest BCUT2D eigenvalue weighted by molar-refractivity contribution is 6.37. The Labute approximate surface area is 223 Å². The van der Waals surface area contributed by atoms with Gasteiger partial charge in [0.05, 0.1) is 24.2 Å². The van der Waals surface area contributed by atoms with E-state index < -0.39 is 11.7 Å². The third-order valence-corrected chi connectivity index (χ3v) is 7.99. The van der Waals surface area contributed by atoms with Crippen LogP contribution in [0.25, 0.3) is 6.08 Å². The van der Waals surface area contributed by atoms with Gasteiger partial charge in [-0.3, -0.25) is 9.59 Å². The van der Waals surface area contributed by atoms with E-state index in [0.29, 0.717) is 49.0 Å². The van der Waals surface area contributed by atoms with Gasteiger partial charge in [0, 0.05) is 54.7 Å². The summed E-state index contributed by atoms with van der Waals surface area (Å²) in [6.07, 6.45) is 1.53. The number of ether oxygens (including phenoxy) is 1. The van der Waals surface area contributed by atoms with Crippen LogP contribution < -0.4 is 0 Å². The van der Waals surface area contributed by atoms with Crippen LogP contribution in [0, 0.1) is 12.8 Å². The number of amides is 1. The lowest BCUT2D eigenvalue weighted by Gasteiger charge is -2.32. The number of halogens is 5. The van der Waals surface area contributed by atoms with Crippen molar-refractivity contribution in [1.29, 1.82) is 0 Å². The Balaban J connectivity index is 1.58. The number of hydrogen-bond acceptors (Lipinski definition) is 4. The summed E-state index contributed by atoms with van der Waals surface area (Å²) >= 11 is 13.1. The number of aromatic nitrogens is 2. The van der Waals surface area contributed by atoms with E-state index in [2.05, 4.69) is 4.98 Å². The van der Waals surface area contributed by atoms with Crippen LogP contribution in [-0.2, 0) is 16.1 Å². The van der Waals surface area contributed by atoms with Gasteiger partial charge in [-0.15, -0.1) is 0 Å². The summed E-state index contributed by atoms with van der Waals surface area (Å²) < 4.78 is 46.8. The number of carbonyl (C=O) groups excluding carboxylic acids is 2. The first-order valence-corrected chi connectivity index (χ1v) is 12.8. The average Bonchev–Trinajstić information content (AvgIpc) is 3.17. The van der Waals surface area contributed by atoms with Crippen molar-refractivity contribution in [2.24, 2.45) is 5.92 Å². The summed E-state index contributed by atoms with van der Waals surface area (Å²) in [6, 6.07) is 0. The number of likely N-dealkylation sites (tertiary alicyclic amines) is 1. The molecular weight excluding hydrogens is 530 g/mol. The van der Waals surface area contributed by atoms with Gasteiger partial charge in [-0.1, -0.05) is 30.1 Å². The summed E-state index contributed by atoms with van der Waals surface area (Å²) in [5.41, 5.74) is 2.14. The molecule has 1 aliphatic carbocycles. The van der Waals surface area contributed by atoms with Crippen molar-refractivity contribution in [1.82, 2.24) is 14.5 Å². The zero-order valence-electron chi connectivity index (χ0n) is 20.8. The van der Waals surface area contributed by atoms with Crippen LogP contribution >= 0.6 is 23.2 Å². The third-order valence-electron chi connectivity index (χ3n) is 7.24. The van der Waals surface area contributed by atoms with Crippen molar-refractivity contribution in [2.45, 2.75) is 58.2 Å². The van der Waals surface area contributed by atoms with E-state index in [1.165, 1.54) is 19.4 Å². The molecule has 37 heavy (non-hydrogen) atoms. The van der Waals surface area contributed by atoms with Crippen LogP contribution in [0.2, 0.25) is 10.2 Å². The molecule has 0 N–H and O–H groups in total. The number of hydrogen-bond donors (Lipinski definition) is 0. The lowest BCUT2D eigenvalue weighted by molar-refractivity contribution is -0.142. The zero-order chi connectivity index (χ0) is 27.1. The smallest absolute Gasteiger partial charge is 0.412 e. The third kappa shape index (κ3) is 5.67. The van der Waals surface area contributed by atoms with E-state index in [1.807, 2.05) is 4.57 Å². The molecule has 2 aromatic rings. The van der Waals surface area contributed by atoms with E-state index in [0.717, 1.165) is 5.69 Å². The molecule has 1 aliphatic heterocycles. The fraction of sp³-hybridized carbons (Fsp3) is 0.500. The Morgan fingerprint density at radius 3 is 2.51 bits per heavy atom. The van der Waals surface area contributed by atoms with Crippen molar-refractivity contribution < 1.29 is 27.5 Å². The Bertz CT molecular complexity index is 1250. The quantitative estimate of drug-likeness (QED) is 0.314. The van der Waals surface area contributed by atoms with Gasteiger partial charge in [0.1, 0.15) is 5.15 Å². The Morgan fingerprint density at radius 2 is 1.89 bits per heavy atom. The summed E-state index contributed by atoms with van der Waals surface area (Å²) in [5, 5.41) is 0.310. The number of carbonyl (C=O) groups is 2. The largest absolute Gasteiger partial charge is 0.469 e. The minimum absolute atomic E-state index is 0.121. The molecule has 1 saturated heterocycles. The van der Waals surface area contributed by atoms with Crippen molar-refractivity contribution in [3.8, 4) is 0 Å². The minimum atomic E-state index is -4.38. The molecule has 11 heteroatoms. The van der Waals surface area contributed by atoms with Crippen molar-refractivity contribution in [3.05, 3.63) is 56.1 Å². The second kappa shape index (κ2) is 10.7. The molecular formula is C26H28Cl2F3N3O3. The van der Waals surface area contributed by atoms with E-state index in [1.54, 1.807) is 24.9 Å². The fourth-order valence-corrected chi connectivity index (χ4v) is 5.78. The van der Waals surface area contributed by atoms with E-state index in [-0.39, 0.29) is 52.4 Å². The lowest BCUT2D eigenvalue weighted by Crippen LogP contribution is -2.39. The summed E-state index contributed by atoms with van der Waals surface area (Å²) in [7, 11) is 1.36. The summed E-state index contributed by atoms with van der Waals surface area (Å²) in [6.45, 7) is 4.65. The number of alkyl halides is 3. The SMILES string of the molecule is COC(=O)CC1CCN(C(=O)c2cnc(Cl)c(Cn3cc(C)c4c3C(C)CC(C(F)(F)F)=C4)c2Cl)CC1. The maximum absolute atomic E-state index is 13.4. The molecule has 0 bridgehead atoms. The lowest BCUT2D eigenvalue weighted by atomic mass is 9.87. The first-order chi connectivity index (χ1) is 17.4. The molecule has 1 fully saturated rings. The molecule has 2 aliphatic rings. The second-order valence-corrected chi connectivity index (χ2v) is 10.5. The molecule has 1 unspecified atom stereocenters. The Morgan fingerprint density at radius 1 is 1.22 bits per heavy atom. The molecule has 2 aromatic heterocycles. The molecule has 1 amide bonds. The molecule has 0 saturated carbocycles. The second-order valence-electron chi connectivity index (χ2n) is 9.78. The van der Waals surface area contributed by atoms with Gasteiger partial charge in [-0.25, -0.2) is 4.98 Å². The van der Waals surface area contributed by atoms with Crippen molar-refractivity contribution in [2.75, 3.05) is 20.2 Å². The highest BCUT2D eigenvalue weighted by atomic mass is 35.5. The molecule has 0 aromatic carbocycles. The van der Waals surface area contributed by atoms with Crippen molar-refractivity contribution >= 4 is 41.2 Å². The van der Waals surface area contributed by atoms with Gasteiger partial charge in [0.2, 0.25) is 0 Å². The zero-order valence-corrected chi connectivity index (χ0v) is 22.3. The Hall–Kier alpha value is -2.52. The van der Waals surface area contributed by atoms with Crippen molar-refractivity contribution in [3.63, 3.8) is 0 Å². The van der Waals surface area contributed by atoms with Crippen LogP contribution in [0.1, 0.15) is 71.3 Å². The number of piperidine rings is 1. The summed E-state index contributed by atoms with van der Waals surface area (Å²) in [4.78, 5) is 30.7. The molecule has 200 valence electrons. The fourth-order valence-electron chi connectivity index (χ4n) is 5.25. The first kappa shape index (κ1) is 27.5. The molecule has 0 spiro atoms. The van der Waals surface area contributed by atoms with Crippen LogP contribution in [0.15, 0.2) is 18.0 Å². The first-order valence-electron chi connectivity index (χ1n) is 12.1. The molecule has 1 atom stereocenters. The van der Waals surface area contributed by atoms with Gasteiger partial charge in [-0.05, 0) is 49.3 Å². The number of fused-ring (bicyclic) bond motifs is 1. The van der Waals surface area contributed by atoms with Crippen LogP contribution in [-0.4, -0.2) is 52.7 Å². The normalized spacial score (nSPS) is 18.4. The van der Waals surface area contributed by atoms with Crippen LogP contribution in [0.4, 0.5) is 13.2 Å². The average molecular weight is 558 g/mol. The van der Waals surface area contributed by atoms with Gasteiger partial charge >= 0.3 is 12.1 Å². The van der Waals surface area contributed by atoms with E-state index in [9.17, 15) is 22.8 Å². The monoisotopic (exact) mass is 557 g/mol. The number of esters is 1. The van der Waals surface area contributed by atoms with Gasteiger partial charge in [-0.2, -0.15) is 13.2 Å². The highest BCUT2D eigenvalue weighted by Gasteiger charge is 2.38.